The zero-order valence-electron chi connectivity index (χ0n) is 13.6. The van der Waals surface area contributed by atoms with Crippen molar-refractivity contribution in [1.82, 2.24) is 5.32 Å². The molecule has 10 heteroatoms. The topological polar surface area (TPSA) is 97.7 Å². The number of amides is 1. The van der Waals surface area contributed by atoms with Gasteiger partial charge in [0.05, 0.1) is 7.11 Å². The summed E-state index contributed by atoms with van der Waals surface area (Å²) >= 11 is 0. The lowest BCUT2D eigenvalue weighted by molar-refractivity contribution is -0.148. The molecule has 1 rings (SSSR count). The van der Waals surface area contributed by atoms with Crippen LogP contribution in [-0.2, 0) is 14.3 Å². The minimum absolute atomic E-state index is 0.158. The predicted molar refractivity (Wildman–Crippen MR) is 83.2 cm³/mol. The van der Waals surface area contributed by atoms with Gasteiger partial charge in [-0.1, -0.05) is 6.07 Å². The van der Waals surface area contributed by atoms with Gasteiger partial charge in [-0.05, 0) is 23.8 Å². The van der Waals surface area contributed by atoms with E-state index in [9.17, 15) is 22.8 Å². The molecule has 7 nitrogen and oxygen atoms in total. The summed E-state index contributed by atoms with van der Waals surface area (Å²) in [6.45, 7) is -2.49. The van der Waals surface area contributed by atoms with Crippen molar-refractivity contribution in [3.05, 3.63) is 29.8 Å². The van der Waals surface area contributed by atoms with Crippen LogP contribution >= 0.6 is 0 Å². The number of hydrogen-bond donors (Lipinski definition) is 1. The van der Waals surface area contributed by atoms with Gasteiger partial charge >= 0.3 is 12.1 Å². The van der Waals surface area contributed by atoms with Crippen molar-refractivity contribution in [2.45, 2.75) is 6.18 Å². The molecule has 0 aliphatic heterocycles. The molecule has 0 aromatic heterocycles. The molecule has 0 atom stereocenters. The van der Waals surface area contributed by atoms with Crippen LogP contribution < -0.4 is 14.8 Å². The van der Waals surface area contributed by atoms with Crippen LogP contribution in [0.3, 0.4) is 0 Å². The predicted octanol–water partition coefficient (Wildman–Crippen LogP) is 1.83. The Labute approximate surface area is 146 Å². The minimum Gasteiger partial charge on any atom is -0.493 e. The molecule has 0 saturated heterocycles. The summed E-state index contributed by atoms with van der Waals surface area (Å²) in [4.78, 5) is 22.6. The Kier molecular flexibility index (Phi) is 7.95. The number of nitriles is 1. The molecule has 1 aromatic carbocycles. The second-order valence-corrected chi connectivity index (χ2v) is 4.69. The Morgan fingerprint density at radius 2 is 2.04 bits per heavy atom. The first kappa shape index (κ1) is 20.8. The minimum atomic E-state index is -4.54. The second-order valence-electron chi connectivity index (χ2n) is 4.69. The molecule has 1 amide bonds. The van der Waals surface area contributed by atoms with Crippen molar-refractivity contribution in [2.24, 2.45) is 0 Å². The SMILES string of the molecule is COc1cc(C=CC(=O)OCC(=O)NCC(F)(F)F)ccc1OCC#N. The van der Waals surface area contributed by atoms with Crippen molar-refractivity contribution in [2.75, 3.05) is 26.9 Å². The van der Waals surface area contributed by atoms with E-state index >= 15 is 0 Å². The third kappa shape index (κ3) is 8.05. The van der Waals surface area contributed by atoms with E-state index in [-0.39, 0.29) is 6.61 Å². The van der Waals surface area contributed by atoms with Crippen LogP contribution in [0.4, 0.5) is 13.2 Å². The van der Waals surface area contributed by atoms with E-state index in [0.717, 1.165) is 6.08 Å². The first-order valence-corrected chi connectivity index (χ1v) is 7.11. The highest BCUT2D eigenvalue weighted by Gasteiger charge is 2.27. The average molecular weight is 372 g/mol. The van der Waals surface area contributed by atoms with E-state index in [0.29, 0.717) is 17.1 Å². The summed E-state index contributed by atoms with van der Waals surface area (Å²) in [6.07, 6.45) is -2.18. The van der Waals surface area contributed by atoms with Crippen LogP contribution in [0, 0.1) is 11.3 Å². The van der Waals surface area contributed by atoms with E-state index in [1.807, 2.05) is 6.07 Å². The quantitative estimate of drug-likeness (QED) is 0.552. The van der Waals surface area contributed by atoms with Crippen molar-refractivity contribution in [1.29, 1.82) is 5.26 Å². The van der Waals surface area contributed by atoms with Gasteiger partial charge in [0.2, 0.25) is 0 Å². The summed E-state index contributed by atoms with van der Waals surface area (Å²) in [5, 5.41) is 10.1. The summed E-state index contributed by atoms with van der Waals surface area (Å²) in [7, 11) is 1.40. The standard InChI is InChI=1S/C16H15F3N2O5/c1-24-13-8-11(2-4-12(13)25-7-6-20)3-5-15(23)26-9-14(22)21-10-16(17,18)19/h2-5,8H,7,9-10H2,1H3,(H,21,22). The number of rotatable bonds is 8. The molecule has 0 heterocycles. The van der Waals surface area contributed by atoms with Gasteiger partial charge in [0, 0.05) is 6.08 Å². The molecular weight excluding hydrogens is 357 g/mol. The number of carbonyl (C=O) groups is 2. The number of esters is 1. The van der Waals surface area contributed by atoms with Gasteiger partial charge in [0.1, 0.15) is 12.6 Å². The highest BCUT2D eigenvalue weighted by molar-refractivity contribution is 5.89. The van der Waals surface area contributed by atoms with Gasteiger partial charge in [0.25, 0.3) is 5.91 Å². The fourth-order valence-corrected chi connectivity index (χ4v) is 1.62. The monoisotopic (exact) mass is 372 g/mol. The Bertz CT molecular complexity index is 711. The summed E-state index contributed by atoms with van der Waals surface area (Å²) in [5.74, 6) is -1.29. The molecule has 26 heavy (non-hydrogen) atoms. The number of methoxy groups -OCH3 is 1. The van der Waals surface area contributed by atoms with Gasteiger partial charge in [-0.25, -0.2) is 4.79 Å². The van der Waals surface area contributed by atoms with Gasteiger partial charge in [0.15, 0.2) is 24.7 Å². The summed E-state index contributed by atoms with van der Waals surface area (Å²) in [6, 6.07) is 6.46. The summed E-state index contributed by atoms with van der Waals surface area (Å²) < 4.78 is 50.5. The fraction of sp³-hybridized carbons (Fsp3) is 0.312. The van der Waals surface area contributed by atoms with Gasteiger partial charge in [-0.2, -0.15) is 18.4 Å². The molecule has 1 N–H and O–H groups in total. The first-order chi connectivity index (χ1) is 12.2. The normalized spacial score (nSPS) is 10.9. The number of nitrogens with zero attached hydrogens (tertiary/aromatic N) is 1. The molecule has 0 fully saturated rings. The zero-order chi connectivity index (χ0) is 19.6. The third-order valence-electron chi connectivity index (χ3n) is 2.72. The van der Waals surface area contributed by atoms with E-state index < -0.39 is 31.2 Å². The van der Waals surface area contributed by atoms with Crippen LogP contribution in [0.2, 0.25) is 0 Å². The van der Waals surface area contributed by atoms with Crippen molar-refractivity contribution in [3.63, 3.8) is 0 Å². The largest absolute Gasteiger partial charge is 0.493 e. The number of benzene rings is 1. The molecule has 0 spiro atoms. The average Bonchev–Trinajstić information content (AvgIpc) is 2.60. The van der Waals surface area contributed by atoms with Crippen LogP contribution in [0.15, 0.2) is 24.3 Å². The lowest BCUT2D eigenvalue weighted by Gasteiger charge is -2.09. The van der Waals surface area contributed by atoms with Gasteiger partial charge in [-0.15, -0.1) is 0 Å². The molecule has 0 aliphatic rings. The maximum atomic E-state index is 11.9. The van der Waals surface area contributed by atoms with Crippen LogP contribution in [0.1, 0.15) is 5.56 Å². The summed E-state index contributed by atoms with van der Waals surface area (Å²) in [5.41, 5.74) is 0.532. The number of nitrogens with one attached hydrogen (secondary N) is 1. The molecular formula is C16H15F3N2O5. The van der Waals surface area contributed by atoms with E-state index in [1.54, 1.807) is 11.4 Å². The van der Waals surface area contributed by atoms with Gasteiger partial charge in [-0.3, -0.25) is 4.79 Å². The molecule has 0 bridgehead atoms. The Morgan fingerprint density at radius 3 is 2.65 bits per heavy atom. The molecule has 140 valence electrons. The Hall–Kier alpha value is -3.22. The number of carbonyl (C=O) groups excluding carboxylic acids is 2. The highest BCUT2D eigenvalue weighted by atomic mass is 19.4. The fourth-order valence-electron chi connectivity index (χ4n) is 1.62. The number of ether oxygens (including phenoxy) is 3. The van der Waals surface area contributed by atoms with Crippen LogP contribution in [-0.4, -0.2) is 44.9 Å². The molecule has 1 aromatic rings. The number of alkyl halides is 3. The van der Waals surface area contributed by atoms with E-state index in [4.69, 9.17) is 14.7 Å². The third-order valence-corrected chi connectivity index (χ3v) is 2.72. The highest BCUT2D eigenvalue weighted by Crippen LogP contribution is 2.28. The zero-order valence-corrected chi connectivity index (χ0v) is 13.6. The lowest BCUT2D eigenvalue weighted by Crippen LogP contribution is -2.36. The molecule has 0 saturated carbocycles. The second kappa shape index (κ2) is 9.93. The van der Waals surface area contributed by atoms with Crippen molar-refractivity contribution < 1.29 is 37.0 Å². The van der Waals surface area contributed by atoms with Crippen LogP contribution in [0.25, 0.3) is 6.08 Å². The Morgan fingerprint density at radius 1 is 1.31 bits per heavy atom. The van der Waals surface area contributed by atoms with E-state index in [1.165, 1.54) is 25.3 Å². The number of hydrogen-bond acceptors (Lipinski definition) is 6. The molecule has 0 aliphatic carbocycles. The number of halogens is 3. The lowest BCUT2D eigenvalue weighted by atomic mass is 10.2. The maximum absolute atomic E-state index is 11.9. The van der Waals surface area contributed by atoms with E-state index in [2.05, 4.69) is 4.74 Å². The molecule has 0 radical (unpaired) electrons. The maximum Gasteiger partial charge on any atom is 0.405 e. The van der Waals surface area contributed by atoms with Crippen LogP contribution in [0.5, 0.6) is 11.5 Å². The van der Waals surface area contributed by atoms with Crippen molar-refractivity contribution in [3.8, 4) is 17.6 Å². The Balaban J connectivity index is 2.55. The smallest absolute Gasteiger partial charge is 0.405 e. The molecule has 0 unspecified atom stereocenters. The first-order valence-electron chi connectivity index (χ1n) is 7.11. The van der Waals surface area contributed by atoms with Gasteiger partial charge < -0.3 is 19.5 Å². The van der Waals surface area contributed by atoms with Crippen molar-refractivity contribution >= 4 is 18.0 Å².